The lowest BCUT2D eigenvalue weighted by molar-refractivity contribution is -0.384. The molecule has 0 radical (unpaired) electrons. The number of aromatic nitrogens is 3. The first-order valence-corrected chi connectivity index (χ1v) is 10.2. The summed E-state index contributed by atoms with van der Waals surface area (Å²) in [6.45, 7) is 0. The lowest BCUT2D eigenvalue weighted by Crippen LogP contribution is -2.19. The van der Waals surface area contributed by atoms with Crippen LogP contribution in [0, 0.1) is 10.1 Å². The number of nitrogens with one attached hydrogen (secondary N) is 1. The van der Waals surface area contributed by atoms with Crippen molar-refractivity contribution in [2.75, 3.05) is 5.75 Å². The number of rotatable bonds is 7. The molecule has 0 saturated carbocycles. The van der Waals surface area contributed by atoms with Gasteiger partial charge >= 0.3 is 0 Å². The largest absolute Gasteiger partial charge is 0.507 e. The summed E-state index contributed by atoms with van der Waals surface area (Å²) < 4.78 is 2.42. The summed E-state index contributed by atoms with van der Waals surface area (Å²) in [7, 11) is 1.71. The van der Waals surface area contributed by atoms with E-state index in [2.05, 4.69) is 36.7 Å². The highest BCUT2D eigenvalue weighted by Crippen LogP contribution is 2.25. The van der Waals surface area contributed by atoms with Gasteiger partial charge in [0.05, 0.1) is 16.9 Å². The molecule has 0 spiro atoms. The van der Waals surface area contributed by atoms with Crippen molar-refractivity contribution in [3.05, 3.63) is 62.6 Å². The number of benzene rings is 2. The molecular formula is C18H15BrN6O4S. The van der Waals surface area contributed by atoms with Crippen LogP contribution < -0.4 is 5.43 Å². The van der Waals surface area contributed by atoms with E-state index in [1.54, 1.807) is 35.9 Å². The summed E-state index contributed by atoms with van der Waals surface area (Å²) in [5, 5.41) is 33.1. The fourth-order valence-corrected chi connectivity index (χ4v) is 3.50. The second-order valence-electron chi connectivity index (χ2n) is 5.96. The van der Waals surface area contributed by atoms with Gasteiger partial charge in [0.1, 0.15) is 5.75 Å². The van der Waals surface area contributed by atoms with Gasteiger partial charge < -0.3 is 9.67 Å². The van der Waals surface area contributed by atoms with E-state index < -0.39 is 4.92 Å². The Kier molecular flexibility index (Phi) is 6.79. The van der Waals surface area contributed by atoms with Gasteiger partial charge in [-0.05, 0) is 18.2 Å². The molecule has 3 rings (SSSR count). The molecule has 1 heterocycles. The molecule has 0 aliphatic heterocycles. The maximum atomic E-state index is 12.0. The van der Waals surface area contributed by atoms with Crippen molar-refractivity contribution in [1.82, 2.24) is 20.2 Å². The Morgan fingerprint density at radius 1 is 1.37 bits per heavy atom. The summed E-state index contributed by atoms with van der Waals surface area (Å²) in [6, 6.07) is 10.9. The minimum Gasteiger partial charge on any atom is -0.507 e. The zero-order valence-electron chi connectivity index (χ0n) is 15.5. The monoisotopic (exact) mass is 490 g/mol. The first kappa shape index (κ1) is 21.5. The second kappa shape index (κ2) is 9.50. The molecular weight excluding hydrogens is 476 g/mol. The molecule has 3 aromatic rings. The molecule has 2 N–H and O–H groups in total. The third-order valence-corrected chi connectivity index (χ3v) is 5.38. The average Bonchev–Trinajstić information content (AvgIpc) is 3.09. The van der Waals surface area contributed by atoms with Crippen molar-refractivity contribution >= 4 is 45.5 Å². The Morgan fingerprint density at radius 2 is 2.17 bits per heavy atom. The molecule has 1 aromatic heterocycles. The fraction of sp³-hybridized carbons (Fsp3) is 0.111. The fourth-order valence-electron chi connectivity index (χ4n) is 2.42. The number of nitrogens with zero attached hydrogens (tertiary/aromatic N) is 5. The third kappa shape index (κ3) is 5.21. The summed E-state index contributed by atoms with van der Waals surface area (Å²) in [5.41, 5.74) is 3.33. The van der Waals surface area contributed by atoms with Crippen LogP contribution in [-0.2, 0) is 11.8 Å². The number of carbonyl (C=O) groups excluding carboxylic acids is 1. The summed E-state index contributed by atoms with van der Waals surface area (Å²) in [4.78, 5) is 22.5. The highest BCUT2D eigenvalue weighted by Gasteiger charge is 2.15. The van der Waals surface area contributed by atoms with E-state index in [4.69, 9.17) is 0 Å². The van der Waals surface area contributed by atoms with Gasteiger partial charge in [0.15, 0.2) is 11.0 Å². The van der Waals surface area contributed by atoms with Crippen LogP contribution in [0.25, 0.3) is 11.4 Å². The van der Waals surface area contributed by atoms with Crippen molar-refractivity contribution in [3.63, 3.8) is 0 Å². The number of halogens is 1. The third-order valence-electron chi connectivity index (χ3n) is 3.86. The molecule has 10 nitrogen and oxygen atoms in total. The molecule has 2 aromatic carbocycles. The molecule has 154 valence electrons. The number of thioether (sulfide) groups is 1. The number of nitro benzene ring substituents is 1. The number of nitro groups is 1. The van der Waals surface area contributed by atoms with Gasteiger partial charge in [-0.2, -0.15) is 5.10 Å². The average molecular weight is 491 g/mol. The van der Waals surface area contributed by atoms with E-state index in [0.717, 1.165) is 16.2 Å². The first-order valence-electron chi connectivity index (χ1n) is 8.42. The number of hydrazone groups is 1. The number of phenolic OH excluding ortho intramolecular Hbond substituents is 1. The molecule has 1 amide bonds. The Hall–Kier alpha value is -3.25. The number of hydrogen-bond acceptors (Lipinski definition) is 8. The number of aromatic hydroxyl groups is 1. The van der Waals surface area contributed by atoms with E-state index in [1.165, 1.54) is 24.4 Å². The molecule has 0 saturated heterocycles. The van der Waals surface area contributed by atoms with Crippen LogP contribution in [0.3, 0.4) is 0 Å². The van der Waals surface area contributed by atoms with Crippen LogP contribution in [0.5, 0.6) is 5.75 Å². The number of carbonyl (C=O) groups is 1. The Balaban J connectivity index is 1.60. The van der Waals surface area contributed by atoms with Crippen LogP contribution in [0.4, 0.5) is 5.69 Å². The lowest BCUT2D eigenvalue weighted by Gasteiger charge is -2.04. The van der Waals surface area contributed by atoms with Gasteiger partial charge in [0.25, 0.3) is 11.6 Å². The maximum Gasteiger partial charge on any atom is 0.270 e. The second-order valence-corrected chi connectivity index (χ2v) is 7.82. The molecule has 0 aliphatic rings. The predicted molar refractivity (Wildman–Crippen MR) is 115 cm³/mol. The zero-order valence-corrected chi connectivity index (χ0v) is 17.9. The van der Waals surface area contributed by atoms with Gasteiger partial charge in [-0.25, -0.2) is 5.43 Å². The summed E-state index contributed by atoms with van der Waals surface area (Å²) in [5.74, 6) is 0.150. The normalized spacial score (nSPS) is 11.0. The van der Waals surface area contributed by atoms with E-state index in [9.17, 15) is 20.0 Å². The number of amides is 1. The van der Waals surface area contributed by atoms with Crippen molar-refractivity contribution in [2.24, 2.45) is 12.1 Å². The molecule has 0 atom stereocenters. The van der Waals surface area contributed by atoms with Gasteiger partial charge in [0, 0.05) is 34.8 Å². The standard InChI is InChI=1S/C18H15BrN6O4S/c1-24-17(11-3-2-4-14(8-11)25(28)29)22-23-18(24)30-10-16(27)21-20-9-12-7-13(19)5-6-15(12)26/h2-9,26H,10H2,1H3,(H,21,27)/b20-9-. The van der Waals surface area contributed by atoms with Crippen molar-refractivity contribution in [2.45, 2.75) is 5.16 Å². The van der Waals surface area contributed by atoms with E-state index in [0.29, 0.717) is 22.1 Å². The Bertz CT molecular complexity index is 1130. The first-order chi connectivity index (χ1) is 14.3. The van der Waals surface area contributed by atoms with Gasteiger partial charge in [-0.1, -0.05) is 39.8 Å². The van der Waals surface area contributed by atoms with Crippen molar-refractivity contribution < 1.29 is 14.8 Å². The van der Waals surface area contributed by atoms with Gasteiger partial charge in [-0.3, -0.25) is 14.9 Å². The van der Waals surface area contributed by atoms with Gasteiger partial charge in [-0.15, -0.1) is 10.2 Å². The lowest BCUT2D eigenvalue weighted by atomic mass is 10.2. The van der Waals surface area contributed by atoms with Crippen LogP contribution in [0.1, 0.15) is 5.56 Å². The van der Waals surface area contributed by atoms with E-state index in [-0.39, 0.29) is 23.1 Å². The molecule has 12 heteroatoms. The topological polar surface area (TPSA) is 136 Å². The molecule has 0 fully saturated rings. The quantitative estimate of drug-likeness (QED) is 0.224. The highest BCUT2D eigenvalue weighted by molar-refractivity contribution is 9.10. The van der Waals surface area contributed by atoms with E-state index >= 15 is 0 Å². The summed E-state index contributed by atoms with van der Waals surface area (Å²) in [6.07, 6.45) is 1.34. The highest BCUT2D eigenvalue weighted by atomic mass is 79.9. The number of hydrogen-bond donors (Lipinski definition) is 2. The van der Waals surface area contributed by atoms with E-state index in [1.807, 2.05) is 0 Å². The van der Waals surface area contributed by atoms with Crippen molar-refractivity contribution in [3.8, 4) is 17.1 Å². The van der Waals surface area contributed by atoms with Crippen LogP contribution >= 0.6 is 27.7 Å². The maximum absolute atomic E-state index is 12.0. The van der Waals surface area contributed by atoms with Crippen LogP contribution in [-0.4, -0.2) is 42.7 Å². The minimum atomic E-state index is -0.478. The molecule has 0 unspecified atom stereocenters. The Labute approximate surface area is 183 Å². The predicted octanol–water partition coefficient (Wildman–Crippen LogP) is 3.10. The van der Waals surface area contributed by atoms with Crippen LogP contribution in [0.15, 0.2) is 57.2 Å². The van der Waals surface area contributed by atoms with Crippen molar-refractivity contribution in [1.29, 1.82) is 0 Å². The smallest absolute Gasteiger partial charge is 0.270 e. The minimum absolute atomic E-state index is 0.0305. The molecule has 30 heavy (non-hydrogen) atoms. The van der Waals surface area contributed by atoms with Gasteiger partial charge in [0.2, 0.25) is 0 Å². The number of phenols is 1. The zero-order chi connectivity index (χ0) is 21.7. The SMILES string of the molecule is Cn1c(SCC(=O)N/N=C\c2cc(Br)ccc2O)nnc1-c1cccc([N+](=O)[O-])c1. The summed E-state index contributed by atoms with van der Waals surface area (Å²) >= 11 is 4.44. The molecule has 0 aliphatic carbocycles. The Morgan fingerprint density at radius 3 is 2.93 bits per heavy atom. The number of non-ortho nitro benzene ring substituents is 1. The van der Waals surface area contributed by atoms with Crippen LogP contribution in [0.2, 0.25) is 0 Å². The molecule has 0 bridgehead atoms.